The fourth-order valence-electron chi connectivity index (χ4n) is 1.88. The van der Waals surface area contributed by atoms with Crippen molar-refractivity contribution in [3.63, 3.8) is 0 Å². The molecule has 2 N–H and O–H groups in total. The van der Waals surface area contributed by atoms with Crippen LogP contribution in [0.4, 0.5) is 0 Å². The Bertz CT molecular complexity index is 428. The van der Waals surface area contributed by atoms with Gasteiger partial charge in [0.1, 0.15) is 12.4 Å². The van der Waals surface area contributed by atoms with Crippen molar-refractivity contribution < 1.29 is 14.2 Å². The molecule has 1 atom stereocenters. The van der Waals surface area contributed by atoms with E-state index in [1.807, 2.05) is 13.0 Å². The van der Waals surface area contributed by atoms with Crippen LogP contribution in [0.2, 0.25) is 10.0 Å². The van der Waals surface area contributed by atoms with Crippen LogP contribution in [-0.4, -0.2) is 39.6 Å². The molecular formula is C15H23Cl2NO3. The average molecular weight is 336 g/mol. The summed E-state index contributed by atoms with van der Waals surface area (Å²) in [5.41, 5.74) is 6.76. The van der Waals surface area contributed by atoms with Crippen LogP contribution >= 0.6 is 23.2 Å². The molecule has 0 saturated carbocycles. The van der Waals surface area contributed by atoms with E-state index < -0.39 is 0 Å². The Morgan fingerprint density at radius 2 is 1.90 bits per heavy atom. The topological polar surface area (TPSA) is 53.7 Å². The number of hydrogen-bond acceptors (Lipinski definition) is 4. The molecule has 1 rings (SSSR count). The molecule has 0 aliphatic carbocycles. The van der Waals surface area contributed by atoms with Gasteiger partial charge in [0.2, 0.25) is 0 Å². The zero-order chi connectivity index (χ0) is 15.7. The first-order valence-corrected chi connectivity index (χ1v) is 7.73. The molecule has 0 aliphatic rings. The van der Waals surface area contributed by atoms with Crippen molar-refractivity contribution in [1.82, 2.24) is 0 Å². The van der Waals surface area contributed by atoms with Crippen molar-refractivity contribution in [2.75, 3.05) is 33.5 Å². The largest absolute Gasteiger partial charge is 0.489 e. The van der Waals surface area contributed by atoms with Crippen LogP contribution < -0.4 is 10.5 Å². The number of rotatable bonds is 10. The van der Waals surface area contributed by atoms with Gasteiger partial charge in [-0.25, -0.2) is 0 Å². The number of methoxy groups -OCH3 is 1. The lowest BCUT2D eigenvalue weighted by Gasteiger charge is -2.15. The fourth-order valence-corrected chi connectivity index (χ4v) is 2.47. The van der Waals surface area contributed by atoms with Crippen molar-refractivity contribution in [1.29, 1.82) is 0 Å². The monoisotopic (exact) mass is 335 g/mol. The van der Waals surface area contributed by atoms with Crippen LogP contribution in [0.5, 0.6) is 5.75 Å². The van der Waals surface area contributed by atoms with Crippen LogP contribution in [0.3, 0.4) is 0 Å². The van der Waals surface area contributed by atoms with E-state index in [-0.39, 0.29) is 6.04 Å². The first kappa shape index (κ1) is 18.5. The second-order valence-corrected chi connectivity index (χ2v) is 5.71. The molecule has 0 spiro atoms. The van der Waals surface area contributed by atoms with Gasteiger partial charge in [0.15, 0.2) is 0 Å². The molecule has 0 heterocycles. The number of nitrogens with two attached hydrogens (primary N) is 1. The maximum atomic E-state index is 6.19. The fraction of sp³-hybridized carbons (Fsp3) is 0.600. The van der Waals surface area contributed by atoms with Crippen molar-refractivity contribution in [3.05, 3.63) is 27.7 Å². The summed E-state index contributed by atoms with van der Waals surface area (Å²) in [7, 11) is 1.67. The predicted molar refractivity (Wildman–Crippen MR) is 86.6 cm³/mol. The highest BCUT2D eigenvalue weighted by Gasteiger charge is 2.12. The van der Waals surface area contributed by atoms with Crippen LogP contribution in [0.1, 0.15) is 18.9 Å². The predicted octanol–water partition coefficient (Wildman–Crippen LogP) is 3.32. The van der Waals surface area contributed by atoms with Gasteiger partial charge < -0.3 is 19.9 Å². The molecule has 0 radical (unpaired) electrons. The Balaban J connectivity index is 2.49. The molecule has 0 bridgehead atoms. The second kappa shape index (κ2) is 10.2. The summed E-state index contributed by atoms with van der Waals surface area (Å²) in [4.78, 5) is 0. The molecule has 1 unspecified atom stereocenters. The number of hydrogen-bond donors (Lipinski definition) is 1. The van der Waals surface area contributed by atoms with Gasteiger partial charge in [0.05, 0.1) is 11.6 Å². The summed E-state index contributed by atoms with van der Waals surface area (Å²) in [6, 6.07) is 3.51. The molecule has 1 aromatic carbocycles. The minimum absolute atomic E-state index is 0.00665. The van der Waals surface area contributed by atoms with Crippen molar-refractivity contribution in [2.45, 2.75) is 25.8 Å². The lowest BCUT2D eigenvalue weighted by atomic mass is 10.1. The van der Waals surface area contributed by atoms with Crippen molar-refractivity contribution in [3.8, 4) is 5.75 Å². The Labute approximate surface area is 136 Å². The minimum atomic E-state index is 0.00665. The van der Waals surface area contributed by atoms with Crippen LogP contribution in [-0.2, 0) is 15.9 Å². The molecule has 0 aliphatic heterocycles. The van der Waals surface area contributed by atoms with Crippen molar-refractivity contribution in [2.24, 2.45) is 5.73 Å². The normalized spacial score (nSPS) is 12.4. The van der Waals surface area contributed by atoms with E-state index in [4.69, 9.17) is 43.1 Å². The summed E-state index contributed by atoms with van der Waals surface area (Å²) in [5, 5.41) is 1.08. The zero-order valence-corrected chi connectivity index (χ0v) is 14.0. The van der Waals surface area contributed by atoms with E-state index in [1.165, 1.54) is 0 Å². The van der Waals surface area contributed by atoms with E-state index in [0.717, 1.165) is 12.0 Å². The second-order valence-electron chi connectivity index (χ2n) is 4.86. The van der Waals surface area contributed by atoms with Gasteiger partial charge in [0.25, 0.3) is 0 Å². The number of halogens is 2. The maximum absolute atomic E-state index is 6.19. The smallest absolute Gasteiger partial charge is 0.141 e. The zero-order valence-electron chi connectivity index (χ0n) is 12.5. The first-order chi connectivity index (χ1) is 10.0. The highest BCUT2D eigenvalue weighted by atomic mass is 35.5. The standard InChI is InChI=1S/C15H23Cl2NO3/c1-11(18)8-12-9-13(16)10-14(17)15(12)21-7-6-20-5-3-4-19-2/h9-11H,3-8,18H2,1-2H3. The van der Waals surface area contributed by atoms with E-state index in [1.54, 1.807) is 13.2 Å². The third kappa shape index (κ3) is 7.34. The van der Waals surface area contributed by atoms with E-state index in [0.29, 0.717) is 48.6 Å². The van der Waals surface area contributed by atoms with Gasteiger partial charge in [-0.15, -0.1) is 0 Å². The molecular weight excluding hydrogens is 313 g/mol. The maximum Gasteiger partial charge on any atom is 0.141 e. The van der Waals surface area contributed by atoms with E-state index in [2.05, 4.69) is 0 Å². The Kier molecular flexibility index (Phi) is 9.04. The average Bonchev–Trinajstić information content (AvgIpc) is 2.39. The van der Waals surface area contributed by atoms with E-state index in [9.17, 15) is 0 Å². The van der Waals surface area contributed by atoms with Crippen LogP contribution in [0.15, 0.2) is 12.1 Å². The molecule has 0 aromatic heterocycles. The molecule has 0 fully saturated rings. The van der Waals surface area contributed by atoms with Crippen LogP contribution in [0.25, 0.3) is 0 Å². The third-order valence-electron chi connectivity index (χ3n) is 2.74. The Hall–Kier alpha value is -0.520. The summed E-state index contributed by atoms with van der Waals surface area (Å²) in [6.07, 6.45) is 1.53. The Morgan fingerprint density at radius 3 is 2.57 bits per heavy atom. The summed E-state index contributed by atoms with van der Waals surface area (Å²) in [6.45, 7) is 4.21. The van der Waals surface area contributed by atoms with E-state index >= 15 is 0 Å². The summed E-state index contributed by atoms with van der Waals surface area (Å²) < 4.78 is 16.1. The highest BCUT2D eigenvalue weighted by Crippen LogP contribution is 2.33. The van der Waals surface area contributed by atoms with Gasteiger partial charge in [-0.3, -0.25) is 0 Å². The van der Waals surface area contributed by atoms with Gasteiger partial charge >= 0.3 is 0 Å². The lowest BCUT2D eigenvalue weighted by molar-refractivity contribution is 0.0804. The SMILES string of the molecule is COCCCOCCOc1c(Cl)cc(Cl)cc1CC(C)N. The molecule has 21 heavy (non-hydrogen) atoms. The Morgan fingerprint density at radius 1 is 1.14 bits per heavy atom. The van der Waals surface area contributed by atoms with Gasteiger partial charge in [-0.1, -0.05) is 23.2 Å². The molecule has 6 heteroatoms. The summed E-state index contributed by atoms with van der Waals surface area (Å²) in [5.74, 6) is 0.638. The number of ether oxygens (including phenoxy) is 3. The minimum Gasteiger partial charge on any atom is -0.489 e. The molecule has 120 valence electrons. The van der Waals surface area contributed by atoms with Gasteiger partial charge in [-0.05, 0) is 37.5 Å². The number of benzene rings is 1. The molecule has 0 saturated heterocycles. The molecule has 4 nitrogen and oxygen atoms in total. The van der Waals surface area contributed by atoms with Crippen molar-refractivity contribution >= 4 is 23.2 Å². The van der Waals surface area contributed by atoms with Crippen LogP contribution in [0, 0.1) is 0 Å². The van der Waals surface area contributed by atoms with Gasteiger partial charge in [-0.2, -0.15) is 0 Å². The molecule has 1 aromatic rings. The summed E-state index contributed by atoms with van der Waals surface area (Å²) >= 11 is 12.2. The first-order valence-electron chi connectivity index (χ1n) is 6.97. The lowest BCUT2D eigenvalue weighted by Crippen LogP contribution is -2.19. The quantitative estimate of drug-likeness (QED) is 0.666. The molecule has 0 amide bonds. The van der Waals surface area contributed by atoms with Gasteiger partial charge in [0, 0.05) is 31.4 Å². The highest BCUT2D eigenvalue weighted by molar-refractivity contribution is 6.35. The third-order valence-corrected chi connectivity index (χ3v) is 3.24.